The fraction of sp³-hybridized carbons (Fsp3) is 0.200. The average Bonchev–Trinajstić information content (AvgIpc) is 2.81. The smallest absolute Gasteiger partial charge is 0.308 e. The van der Waals surface area contributed by atoms with Crippen LogP contribution in [0.1, 0.15) is 6.42 Å². The van der Waals surface area contributed by atoms with Crippen molar-refractivity contribution in [3.8, 4) is 0 Å². The van der Waals surface area contributed by atoms with Crippen molar-refractivity contribution in [2.45, 2.75) is 6.42 Å². The molecule has 5 heteroatoms. The van der Waals surface area contributed by atoms with E-state index in [4.69, 9.17) is 5.11 Å². The summed E-state index contributed by atoms with van der Waals surface area (Å²) in [6.07, 6.45) is 0.0692. The minimum absolute atomic E-state index is 0.0692. The molecule has 1 fully saturated rings. The summed E-state index contributed by atoms with van der Waals surface area (Å²) in [6.45, 7) is 0.236. The molecule has 1 aliphatic heterocycles. The van der Waals surface area contributed by atoms with Gasteiger partial charge in [0.15, 0.2) is 0 Å². The van der Waals surface area contributed by atoms with E-state index in [-0.39, 0.29) is 18.9 Å². The second-order valence-corrected chi connectivity index (χ2v) is 5.71. The van der Waals surface area contributed by atoms with Gasteiger partial charge in [0.05, 0.1) is 11.6 Å². The molecule has 1 heterocycles. The van der Waals surface area contributed by atoms with Crippen LogP contribution in [0.5, 0.6) is 0 Å². The Bertz CT molecular complexity index is 713. The molecule has 1 atom stereocenters. The van der Waals surface area contributed by atoms with Gasteiger partial charge in [-0.15, -0.1) is 0 Å². The van der Waals surface area contributed by atoms with Gasteiger partial charge in [0.25, 0.3) is 0 Å². The Labute approximate surface area is 124 Å². The van der Waals surface area contributed by atoms with E-state index in [0.717, 1.165) is 20.9 Å². The number of carboxylic acids is 1. The molecule has 102 valence electrons. The third kappa shape index (κ3) is 2.08. The fourth-order valence-electron chi connectivity index (χ4n) is 2.60. The summed E-state index contributed by atoms with van der Waals surface area (Å²) in [5, 5.41) is 11.0. The summed E-state index contributed by atoms with van der Waals surface area (Å²) in [5.74, 6) is -1.67. The predicted molar refractivity (Wildman–Crippen MR) is 79.7 cm³/mol. The number of fused-ring (bicyclic) bond motifs is 1. The van der Waals surface area contributed by atoms with Gasteiger partial charge in [0, 0.05) is 22.8 Å². The summed E-state index contributed by atoms with van der Waals surface area (Å²) in [6, 6.07) is 11.5. The Hall–Kier alpha value is -1.88. The average molecular weight is 334 g/mol. The molecule has 0 aliphatic carbocycles. The highest BCUT2D eigenvalue weighted by Gasteiger charge is 2.35. The van der Waals surface area contributed by atoms with Crippen LogP contribution in [0.2, 0.25) is 0 Å². The van der Waals surface area contributed by atoms with Crippen molar-refractivity contribution in [3.63, 3.8) is 0 Å². The summed E-state index contributed by atoms with van der Waals surface area (Å²) in [7, 11) is 0. The van der Waals surface area contributed by atoms with Gasteiger partial charge >= 0.3 is 5.97 Å². The monoisotopic (exact) mass is 333 g/mol. The zero-order valence-electron chi connectivity index (χ0n) is 10.5. The lowest BCUT2D eigenvalue weighted by atomic mass is 10.1. The number of carbonyl (C=O) groups is 2. The standard InChI is InChI=1S/C15H12BrNO3/c16-12-5-1-4-11-10(12)3-2-6-13(11)17-8-9(15(19)20)7-14(17)18/h1-6,9H,7-8H2,(H,19,20). The molecule has 1 amide bonds. The normalized spacial score (nSPS) is 18.8. The number of nitrogens with zero attached hydrogens (tertiary/aromatic N) is 1. The Morgan fingerprint density at radius 3 is 2.60 bits per heavy atom. The lowest BCUT2D eigenvalue weighted by Gasteiger charge is -2.18. The second kappa shape index (κ2) is 4.90. The van der Waals surface area contributed by atoms with E-state index in [1.54, 1.807) is 4.90 Å². The van der Waals surface area contributed by atoms with Crippen molar-refractivity contribution >= 4 is 44.3 Å². The molecule has 1 aliphatic rings. The summed E-state index contributed by atoms with van der Waals surface area (Å²) < 4.78 is 0.957. The van der Waals surface area contributed by atoms with Crippen LogP contribution in [0.25, 0.3) is 10.8 Å². The number of rotatable bonds is 2. The minimum Gasteiger partial charge on any atom is -0.481 e. The van der Waals surface area contributed by atoms with Crippen LogP contribution >= 0.6 is 15.9 Å². The van der Waals surface area contributed by atoms with Crippen molar-refractivity contribution in [3.05, 3.63) is 40.9 Å². The van der Waals surface area contributed by atoms with Crippen LogP contribution in [0.3, 0.4) is 0 Å². The summed E-state index contributed by atoms with van der Waals surface area (Å²) in [5.41, 5.74) is 0.776. The maximum atomic E-state index is 12.1. The SMILES string of the molecule is O=C(O)C1CC(=O)N(c2cccc3c(Br)cccc23)C1. The maximum absolute atomic E-state index is 12.1. The molecule has 4 nitrogen and oxygen atoms in total. The number of carbonyl (C=O) groups excluding carboxylic acids is 1. The van der Waals surface area contributed by atoms with E-state index in [2.05, 4.69) is 15.9 Å². The Kier molecular flexibility index (Phi) is 3.22. The summed E-state index contributed by atoms with van der Waals surface area (Å²) >= 11 is 3.49. The first-order valence-electron chi connectivity index (χ1n) is 6.28. The van der Waals surface area contributed by atoms with Crippen molar-refractivity contribution in [2.24, 2.45) is 5.92 Å². The van der Waals surface area contributed by atoms with Crippen molar-refractivity contribution in [1.29, 1.82) is 0 Å². The van der Waals surface area contributed by atoms with Gasteiger partial charge in [-0.25, -0.2) is 0 Å². The second-order valence-electron chi connectivity index (χ2n) is 4.86. The van der Waals surface area contributed by atoms with E-state index in [1.165, 1.54) is 0 Å². The first-order valence-corrected chi connectivity index (χ1v) is 7.07. The fourth-order valence-corrected chi connectivity index (χ4v) is 3.09. The number of halogens is 1. The molecule has 2 aromatic carbocycles. The van der Waals surface area contributed by atoms with E-state index < -0.39 is 11.9 Å². The quantitative estimate of drug-likeness (QED) is 0.918. The maximum Gasteiger partial charge on any atom is 0.308 e. The zero-order valence-corrected chi connectivity index (χ0v) is 12.1. The van der Waals surface area contributed by atoms with Crippen LogP contribution < -0.4 is 4.90 Å². The predicted octanol–water partition coefficient (Wildman–Crippen LogP) is 3.04. The number of anilines is 1. The molecule has 0 saturated carbocycles. The lowest BCUT2D eigenvalue weighted by molar-refractivity contribution is -0.141. The molecule has 1 unspecified atom stereocenters. The largest absolute Gasteiger partial charge is 0.481 e. The van der Waals surface area contributed by atoms with E-state index in [1.807, 2.05) is 36.4 Å². The van der Waals surface area contributed by atoms with Gasteiger partial charge in [-0.3, -0.25) is 9.59 Å². The van der Waals surface area contributed by atoms with Crippen molar-refractivity contribution < 1.29 is 14.7 Å². The van der Waals surface area contributed by atoms with E-state index >= 15 is 0 Å². The molecular weight excluding hydrogens is 322 g/mol. The minimum atomic E-state index is -0.915. The van der Waals surface area contributed by atoms with Gasteiger partial charge in [-0.1, -0.05) is 40.2 Å². The number of amides is 1. The first-order chi connectivity index (χ1) is 9.58. The molecule has 1 N–H and O–H groups in total. The van der Waals surface area contributed by atoms with Crippen LogP contribution in [-0.4, -0.2) is 23.5 Å². The van der Waals surface area contributed by atoms with E-state index in [0.29, 0.717) is 0 Å². The highest BCUT2D eigenvalue weighted by atomic mass is 79.9. The molecule has 3 rings (SSSR count). The highest BCUT2D eigenvalue weighted by molar-refractivity contribution is 9.10. The molecule has 20 heavy (non-hydrogen) atoms. The van der Waals surface area contributed by atoms with Gasteiger partial charge in [-0.2, -0.15) is 0 Å². The molecule has 0 aromatic heterocycles. The van der Waals surface area contributed by atoms with Gasteiger partial charge in [0.1, 0.15) is 0 Å². The zero-order chi connectivity index (χ0) is 14.3. The Balaban J connectivity index is 2.09. The van der Waals surface area contributed by atoms with Crippen LogP contribution in [-0.2, 0) is 9.59 Å². The molecule has 0 spiro atoms. The Morgan fingerprint density at radius 2 is 1.90 bits per heavy atom. The lowest BCUT2D eigenvalue weighted by Crippen LogP contribution is -2.25. The van der Waals surface area contributed by atoms with Gasteiger partial charge < -0.3 is 10.0 Å². The van der Waals surface area contributed by atoms with E-state index in [9.17, 15) is 9.59 Å². The van der Waals surface area contributed by atoms with Gasteiger partial charge in [-0.05, 0) is 17.5 Å². The number of hydrogen-bond donors (Lipinski definition) is 1. The third-order valence-corrected chi connectivity index (χ3v) is 4.30. The molecule has 0 bridgehead atoms. The van der Waals surface area contributed by atoms with Crippen LogP contribution in [0, 0.1) is 5.92 Å². The van der Waals surface area contributed by atoms with Crippen LogP contribution in [0.4, 0.5) is 5.69 Å². The topological polar surface area (TPSA) is 57.6 Å². The number of hydrogen-bond acceptors (Lipinski definition) is 2. The molecular formula is C15H12BrNO3. The van der Waals surface area contributed by atoms with Crippen LogP contribution in [0.15, 0.2) is 40.9 Å². The Morgan fingerprint density at radius 1 is 1.20 bits per heavy atom. The highest BCUT2D eigenvalue weighted by Crippen LogP contribution is 2.34. The number of carboxylic acid groups (broad SMARTS) is 1. The molecule has 2 aromatic rings. The number of aliphatic carboxylic acids is 1. The summed E-state index contributed by atoms with van der Waals surface area (Å²) in [4.78, 5) is 24.7. The first kappa shape index (κ1) is 13.1. The number of benzene rings is 2. The van der Waals surface area contributed by atoms with Crippen molar-refractivity contribution in [2.75, 3.05) is 11.4 Å². The molecule has 0 radical (unpaired) electrons. The van der Waals surface area contributed by atoms with Crippen molar-refractivity contribution in [1.82, 2.24) is 0 Å². The molecule has 1 saturated heterocycles. The third-order valence-electron chi connectivity index (χ3n) is 3.61. The van der Waals surface area contributed by atoms with Gasteiger partial charge in [0.2, 0.25) is 5.91 Å².